The van der Waals surface area contributed by atoms with E-state index in [1.165, 1.54) is 0 Å². The Morgan fingerprint density at radius 1 is 1.36 bits per heavy atom. The van der Waals surface area contributed by atoms with E-state index < -0.39 is 9.84 Å². The lowest BCUT2D eigenvalue weighted by Crippen LogP contribution is -2.29. The highest BCUT2D eigenvalue weighted by molar-refractivity contribution is 7.91. The quantitative estimate of drug-likeness (QED) is 0.509. The molecule has 1 amide bonds. The summed E-state index contributed by atoms with van der Waals surface area (Å²) >= 11 is 0. The van der Waals surface area contributed by atoms with Crippen LogP contribution in [0.2, 0.25) is 0 Å². The Morgan fingerprint density at radius 2 is 2.09 bits per heavy atom. The summed E-state index contributed by atoms with van der Waals surface area (Å²) in [7, 11) is -2.84. The van der Waals surface area contributed by atoms with Crippen molar-refractivity contribution >= 4 is 15.7 Å². The molecule has 0 spiro atoms. The molecule has 0 aromatic rings. The summed E-state index contributed by atoms with van der Waals surface area (Å²) in [5.74, 6) is 0.377. The average molecular weight is 175 g/mol. The molecule has 0 radical (unpaired) electrons. The molecule has 2 atom stereocenters. The van der Waals surface area contributed by atoms with Crippen LogP contribution in [-0.2, 0) is 14.6 Å². The summed E-state index contributed by atoms with van der Waals surface area (Å²) in [4.78, 5) is 10.8. The lowest BCUT2D eigenvalue weighted by Gasteiger charge is -2.02. The van der Waals surface area contributed by atoms with E-state index in [0.29, 0.717) is 6.42 Å². The molecular formula is C6H9NO3S. The van der Waals surface area contributed by atoms with Gasteiger partial charge in [-0.05, 0) is 0 Å². The Morgan fingerprint density at radius 3 is 2.73 bits per heavy atom. The molecule has 0 bridgehead atoms. The summed E-state index contributed by atoms with van der Waals surface area (Å²) in [5, 5.41) is 2.65. The summed E-state index contributed by atoms with van der Waals surface area (Å²) in [6.45, 7) is 0. The van der Waals surface area contributed by atoms with Crippen molar-refractivity contribution in [1.29, 1.82) is 0 Å². The second-order valence-corrected chi connectivity index (χ2v) is 5.37. The van der Waals surface area contributed by atoms with Crippen LogP contribution >= 0.6 is 0 Å². The van der Waals surface area contributed by atoms with Crippen LogP contribution in [0.3, 0.4) is 0 Å². The standard InChI is InChI=1S/C6H9NO3S/c8-6-1-4-2-11(9,10)3-5(4)7-6/h4-5H,1-3H2,(H,7,8)/t4-,5+/m1/s1. The summed E-state index contributed by atoms with van der Waals surface area (Å²) in [6.07, 6.45) is 0.393. The number of rotatable bonds is 0. The van der Waals surface area contributed by atoms with Gasteiger partial charge in [0.2, 0.25) is 5.91 Å². The second kappa shape index (κ2) is 1.97. The first-order valence-electron chi connectivity index (χ1n) is 3.57. The molecule has 0 aliphatic carbocycles. The van der Waals surface area contributed by atoms with Crippen LogP contribution in [0.5, 0.6) is 0 Å². The number of sulfone groups is 1. The Hall–Kier alpha value is -0.580. The number of fused-ring (bicyclic) bond motifs is 1. The van der Waals surface area contributed by atoms with Crippen LogP contribution in [0.15, 0.2) is 0 Å². The van der Waals surface area contributed by atoms with Crippen molar-refractivity contribution in [2.24, 2.45) is 5.92 Å². The molecule has 0 aromatic carbocycles. The molecule has 2 heterocycles. The maximum Gasteiger partial charge on any atom is 0.220 e. The van der Waals surface area contributed by atoms with E-state index in [-0.39, 0.29) is 29.4 Å². The number of amides is 1. The number of carbonyl (C=O) groups is 1. The largest absolute Gasteiger partial charge is 0.352 e. The average Bonchev–Trinajstić information content (AvgIpc) is 2.17. The van der Waals surface area contributed by atoms with E-state index in [9.17, 15) is 13.2 Å². The SMILES string of the molecule is O=C1C[C@@H]2CS(=O)(=O)C[C@@H]2N1. The number of carbonyl (C=O) groups excluding carboxylic acids is 1. The van der Waals surface area contributed by atoms with Gasteiger partial charge >= 0.3 is 0 Å². The normalized spacial score (nSPS) is 40.2. The molecule has 62 valence electrons. The minimum absolute atomic E-state index is 0.00472. The first kappa shape index (κ1) is 7.09. The zero-order chi connectivity index (χ0) is 8.06. The second-order valence-electron chi connectivity index (χ2n) is 3.22. The Balaban J connectivity index is 2.22. The summed E-state index contributed by atoms with van der Waals surface area (Å²) in [5.41, 5.74) is 0. The molecule has 2 aliphatic heterocycles. The van der Waals surface area contributed by atoms with E-state index >= 15 is 0 Å². The van der Waals surface area contributed by atoms with Gasteiger partial charge in [0.05, 0.1) is 11.5 Å². The summed E-state index contributed by atoms with van der Waals surface area (Å²) < 4.78 is 22.0. The van der Waals surface area contributed by atoms with E-state index in [1.54, 1.807) is 0 Å². The van der Waals surface area contributed by atoms with Gasteiger partial charge in [0.15, 0.2) is 9.84 Å². The highest BCUT2D eigenvalue weighted by atomic mass is 32.2. The van der Waals surface area contributed by atoms with Gasteiger partial charge in [0.25, 0.3) is 0 Å². The maximum atomic E-state index is 11.0. The zero-order valence-electron chi connectivity index (χ0n) is 5.91. The van der Waals surface area contributed by atoms with Crippen LogP contribution in [0.25, 0.3) is 0 Å². The molecule has 11 heavy (non-hydrogen) atoms. The van der Waals surface area contributed by atoms with Gasteiger partial charge in [-0.2, -0.15) is 0 Å². The van der Waals surface area contributed by atoms with Crippen LogP contribution < -0.4 is 5.32 Å². The molecule has 2 fully saturated rings. The molecule has 0 aromatic heterocycles. The summed E-state index contributed by atoms with van der Waals surface area (Å²) in [6, 6.07) is -0.0903. The van der Waals surface area contributed by atoms with Gasteiger partial charge in [0.1, 0.15) is 0 Å². The Labute approximate surface area is 64.9 Å². The van der Waals surface area contributed by atoms with Gasteiger partial charge in [-0.1, -0.05) is 0 Å². The predicted octanol–water partition coefficient (Wildman–Crippen LogP) is -1.08. The van der Waals surface area contributed by atoms with Gasteiger partial charge in [0, 0.05) is 18.4 Å². The molecule has 5 heteroatoms. The molecule has 0 unspecified atom stereocenters. The minimum Gasteiger partial charge on any atom is -0.352 e. The van der Waals surface area contributed by atoms with Crippen molar-refractivity contribution in [3.05, 3.63) is 0 Å². The van der Waals surface area contributed by atoms with Crippen molar-refractivity contribution in [2.45, 2.75) is 12.5 Å². The lowest BCUT2D eigenvalue weighted by atomic mass is 10.1. The predicted molar refractivity (Wildman–Crippen MR) is 38.7 cm³/mol. The van der Waals surface area contributed by atoms with Crippen LogP contribution in [0.4, 0.5) is 0 Å². The van der Waals surface area contributed by atoms with E-state index in [0.717, 1.165) is 0 Å². The monoisotopic (exact) mass is 175 g/mol. The van der Waals surface area contributed by atoms with Gasteiger partial charge in [-0.25, -0.2) is 8.42 Å². The van der Waals surface area contributed by atoms with Crippen molar-refractivity contribution in [1.82, 2.24) is 5.32 Å². The fourth-order valence-electron chi connectivity index (χ4n) is 1.78. The van der Waals surface area contributed by atoms with Gasteiger partial charge < -0.3 is 5.32 Å². The maximum absolute atomic E-state index is 11.0. The van der Waals surface area contributed by atoms with Crippen LogP contribution in [0, 0.1) is 5.92 Å². The molecule has 2 rings (SSSR count). The number of hydrogen-bond donors (Lipinski definition) is 1. The highest BCUT2D eigenvalue weighted by Gasteiger charge is 2.43. The van der Waals surface area contributed by atoms with Crippen molar-refractivity contribution in [2.75, 3.05) is 11.5 Å². The molecular weight excluding hydrogens is 166 g/mol. The Kier molecular flexibility index (Phi) is 1.27. The van der Waals surface area contributed by atoms with Crippen molar-refractivity contribution in [3.63, 3.8) is 0 Å². The van der Waals surface area contributed by atoms with Crippen molar-refractivity contribution < 1.29 is 13.2 Å². The van der Waals surface area contributed by atoms with Crippen LogP contribution in [-0.4, -0.2) is 31.9 Å². The lowest BCUT2D eigenvalue weighted by molar-refractivity contribution is -0.119. The minimum atomic E-state index is -2.84. The number of nitrogens with one attached hydrogen (secondary N) is 1. The van der Waals surface area contributed by atoms with Gasteiger partial charge in [-0.15, -0.1) is 0 Å². The third-order valence-electron chi connectivity index (χ3n) is 2.26. The first-order valence-corrected chi connectivity index (χ1v) is 5.39. The Bertz CT molecular complexity index is 273. The molecule has 4 nitrogen and oxygen atoms in total. The topological polar surface area (TPSA) is 63.2 Å². The van der Waals surface area contributed by atoms with Crippen molar-refractivity contribution in [3.8, 4) is 0 Å². The van der Waals surface area contributed by atoms with E-state index in [1.807, 2.05) is 0 Å². The zero-order valence-corrected chi connectivity index (χ0v) is 6.73. The third-order valence-corrected chi connectivity index (χ3v) is 4.07. The highest BCUT2D eigenvalue weighted by Crippen LogP contribution is 2.26. The van der Waals surface area contributed by atoms with E-state index in [2.05, 4.69) is 5.32 Å². The molecule has 2 aliphatic rings. The third kappa shape index (κ3) is 1.13. The fourth-order valence-corrected chi connectivity index (χ4v) is 3.83. The van der Waals surface area contributed by atoms with E-state index in [4.69, 9.17) is 0 Å². The smallest absolute Gasteiger partial charge is 0.220 e. The first-order chi connectivity index (χ1) is 5.07. The van der Waals surface area contributed by atoms with Gasteiger partial charge in [-0.3, -0.25) is 4.79 Å². The molecule has 2 saturated heterocycles. The molecule has 0 saturated carbocycles. The molecule has 1 N–H and O–H groups in total. The van der Waals surface area contributed by atoms with Crippen LogP contribution in [0.1, 0.15) is 6.42 Å². The fraction of sp³-hybridized carbons (Fsp3) is 0.833. The number of hydrogen-bond acceptors (Lipinski definition) is 3.